The molecule has 0 spiro atoms. The summed E-state index contributed by atoms with van der Waals surface area (Å²) < 4.78 is 34.1. The lowest BCUT2D eigenvalue weighted by molar-refractivity contribution is -0.140. The molecule has 170 valence electrons. The Balaban J connectivity index is 1.61. The van der Waals surface area contributed by atoms with Gasteiger partial charge >= 0.3 is 0 Å². The third-order valence-corrected chi connectivity index (χ3v) is 7.96. The standard InChI is InChI=1S/C23H25ClN2O5S/c1-14-7-8-15(13-26-22(27)17-5-3-4-6-18(17)23(26)28)11-21(14)32(29,30)25-19-12-16(24)9-10-20(19)31-2/h7-12,17-18,25H,3-6,13H2,1-2H3/t17-,18+. The van der Waals surface area contributed by atoms with Crippen LogP contribution in [0.2, 0.25) is 5.02 Å². The molecule has 2 amide bonds. The van der Waals surface area contributed by atoms with Crippen molar-refractivity contribution in [1.29, 1.82) is 0 Å². The lowest BCUT2D eigenvalue weighted by atomic mass is 9.81. The molecule has 2 atom stereocenters. The van der Waals surface area contributed by atoms with E-state index in [0.29, 0.717) is 21.9 Å². The molecule has 2 fully saturated rings. The molecule has 1 N–H and O–H groups in total. The maximum Gasteiger partial charge on any atom is 0.262 e. The lowest BCUT2D eigenvalue weighted by Crippen LogP contribution is -2.30. The molecule has 2 aliphatic rings. The predicted octanol–water partition coefficient (Wildman–Crippen LogP) is 4.13. The van der Waals surface area contributed by atoms with E-state index < -0.39 is 10.0 Å². The summed E-state index contributed by atoms with van der Waals surface area (Å²) >= 11 is 6.02. The van der Waals surface area contributed by atoms with Gasteiger partial charge in [-0.3, -0.25) is 19.2 Å². The largest absolute Gasteiger partial charge is 0.495 e. The molecule has 1 heterocycles. The van der Waals surface area contributed by atoms with Crippen LogP contribution in [-0.4, -0.2) is 32.2 Å². The zero-order valence-corrected chi connectivity index (χ0v) is 19.5. The number of fused-ring (bicyclic) bond motifs is 1. The molecule has 1 aliphatic heterocycles. The average molecular weight is 477 g/mol. The molecule has 1 aliphatic carbocycles. The first-order chi connectivity index (χ1) is 15.2. The number of carbonyl (C=O) groups excluding carboxylic acids is 2. The number of likely N-dealkylation sites (tertiary alicyclic amines) is 1. The van der Waals surface area contributed by atoms with Crippen LogP contribution in [0.4, 0.5) is 5.69 Å². The van der Waals surface area contributed by atoms with Crippen LogP contribution in [0.5, 0.6) is 5.75 Å². The Morgan fingerprint density at radius 2 is 1.72 bits per heavy atom. The molecule has 4 rings (SSSR count). The van der Waals surface area contributed by atoms with Gasteiger partial charge in [-0.2, -0.15) is 0 Å². The molecule has 0 unspecified atom stereocenters. The molecule has 32 heavy (non-hydrogen) atoms. The van der Waals surface area contributed by atoms with Crippen LogP contribution >= 0.6 is 11.6 Å². The third-order valence-electron chi connectivity index (χ3n) is 6.22. The fourth-order valence-electron chi connectivity index (χ4n) is 4.56. The fraction of sp³-hybridized carbons (Fsp3) is 0.391. The quantitative estimate of drug-likeness (QED) is 0.632. The minimum Gasteiger partial charge on any atom is -0.495 e. The lowest BCUT2D eigenvalue weighted by Gasteiger charge is -2.19. The highest BCUT2D eigenvalue weighted by Gasteiger charge is 2.47. The van der Waals surface area contributed by atoms with Crippen molar-refractivity contribution in [3.8, 4) is 5.75 Å². The second-order valence-electron chi connectivity index (χ2n) is 8.31. The Morgan fingerprint density at radius 3 is 2.34 bits per heavy atom. The van der Waals surface area contributed by atoms with Crippen molar-refractivity contribution in [2.45, 2.75) is 44.0 Å². The van der Waals surface area contributed by atoms with Crippen molar-refractivity contribution >= 4 is 39.1 Å². The Morgan fingerprint density at radius 1 is 1.06 bits per heavy atom. The van der Waals surface area contributed by atoms with Crippen LogP contribution in [0.25, 0.3) is 0 Å². The highest BCUT2D eigenvalue weighted by atomic mass is 35.5. The number of carbonyl (C=O) groups is 2. The number of nitrogens with zero attached hydrogens (tertiary/aromatic N) is 1. The highest BCUT2D eigenvalue weighted by molar-refractivity contribution is 7.92. The molecule has 2 aromatic rings. The first-order valence-corrected chi connectivity index (χ1v) is 12.4. The van der Waals surface area contributed by atoms with Gasteiger partial charge in [0.1, 0.15) is 5.75 Å². The number of aryl methyl sites for hydroxylation is 1. The number of nitrogens with one attached hydrogen (secondary N) is 1. The number of hydrogen-bond donors (Lipinski definition) is 1. The smallest absolute Gasteiger partial charge is 0.262 e. The van der Waals surface area contributed by atoms with Crippen molar-refractivity contribution in [2.24, 2.45) is 11.8 Å². The van der Waals surface area contributed by atoms with E-state index in [9.17, 15) is 18.0 Å². The summed E-state index contributed by atoms with van der Waals surface area (Å²) in [6.45, 7) is 1.75. The van der Waals surface area contributed by atoms with Crippen LogP contribution in [0, 0.1) is 18.8 Å². The summed E-state index contributed by atoms with van der Waals surface area (Å²) in [5.41, 5.74) is 1.34. The summed E-state index contributed by atoms with van der Waals surface area (Å²) in [6.07, 6.45) is 3.40. The molecular weight excluding hydrogens is 452 g/mol. The van der Waals surface area contributed by atoms with E-state index in [0.717, 1.165) is 25.7 Å². The summed E-state index contributed by atoms with van der Waals surface area (Å²) in [6, 6.07) is 9.59. The maximum atomic E-state index is 13.2. The number of anilines is 1. The first kappa shape index (κ1) is 22.6. The minimum absolute atomic E-state index is 0.0634. The van der Waals surface area contributed by atoms with Gasteiger partial charge in [0.15, 0.2) is 0 Å². The van der Waals surface area contributed by atoms with Crippen molar-refractivity contribution in [2.75, 3.05) is 11.8 Å². The maximum absolute atomic E-state index is 13.2. The van der Waals surface area contributed by atoms with E-state index in [1.54, 1.807) is 31.2 Å². The van der Waals surface area contributed by atoms with Crippen molar-refractivity contribution in [3.63, 3.8) is 0 Å². The van der Waals surface area contributed by atoms with Crippen molar-refractivity contribution in [1.82, 2.24) is 4.90 Å². The molecule has 1 saturated heterocycles. The molecule has 2 aromatic carbocycles. The number of sulfonamides is 1. The van der Waals surface area contributed by atoms with Gasteiger partial charge in [0.05, 0.1) is 36.1 Å². The molecule has 0 radical (unpaired) electrons. The number of imide groups is 1. The topological polar surface area (TPSA) is 92.8 Å². The van der Waals surface area contributed by atoms with Gasteiger partial charge in [-0.05, 0) is 55.2 Å². The van der Waals surface area contributed by atoms with E-state index in [1.165, 1.54) is 24.1 Å². The highest BCUT2D eigenvalue weighted by Crippen LogP contribution is 2.39. The van der Waals surface area contributed by atoms with Gasteiger partial charge in [0.2, 0.25) is 11.8 Å². The van der Waals surface area contributed by atoms with E-state index in [4.69, 9.17) is 16.3 Å². The Kier molecular flexibility index (Phi) is 6.18. The van der Waals surface area contributed by atoms with Gasteiger partial charge in [-0.15, -0.1) is 0 Å². The SMILES string of the molecule is COc1ccc(Cl)cc1NS(=O)(=O)c1cc(CN2C(=O)[C@H]3CCCC[C@H]3C2=O)ccc1C. The van der Waals surface area contributed by atoms with Crippen LogP contribution in [0.15, 0.2) is 41.3 Å². The van der Waals surface area contributed by atoms with Crippen LogP contribution < -0.4 is 9.46 Å². The number of benzene rings is 2. The zero-order valence-electron chi connectivity index (χ0n) is 17.9. The number of ether oxygens (including phenoxy) is 1. The molecular formula is C23H25ClN2O5S. The number of methoxy groups -OCH3 is 1. The third kappa shape index (κ3) is 4.21. The second-order valence-corrected chi connectivity index (χ2v) is 10.4. The second kappa shape index (κ2) is 8.75. The number of rotatable bonds is 6. The van der Waals surface area contributed by atoms with Gasteiger partial charge in [0, 0.05) is 5.02 Å². The van der Waals surface area contributed by atoms with E-state index in [-0.39, 0.29) is 40.8 Å². The molecule has 0 aromatic heterocycles. The van der Waals surface area contributed by atoms with Crippen LogP contribution in [0.3, 0.4) is 0 Å². The van der Waals surface area contributed by atoms with E-state index in [2.05, 4.69) is 4.72 Å². The molecule has 1 saturated carbocycles. The zero-order chi connectivity index (χ0) is 23.0. The number of hydrogen-bond acceptors (Lipinski definition) is 5. The average Bonchev–Trinajstić information content (AvgIpc) is 3.00. The van der Waals surface area contributed by atoms with E-state index in [1.807, 2.05) is 0 Å². The summed E-state index contributed by atoms with van der Waals surface area (Å²) in [7, 11) is -2.54. The fourth-order valence-corrected chi connectivity index (χ4v) is 6.09. The Hall–Kier alpha value is -2.58. The van der Waals surface area contributed by atoms with Crippen LogP contribution in [-0.2, 0) is 26.2 Å². The van der Waals surface area contributed by atoms with Gasteiger partial charge < -0.3 is 4.74 Å². The van der Waals surface area contributed by atoms with Gasteiger partial charge in [-0.25, -0.2) is 8.42 Å². The molecule has 9 heteroatoms. The van der Waals surface area contributed by atoms with Gasteiger partial charge in [0.25, 0.3) is 10.0 Å². The summed E-state index contributed by atoms with van der Waals surface area (Å²) in [4.78, 5) is 26.9. The minimum atomic E-state index is -3.97. The molecule has 0 bridgehead atoms. The number of halogens is 1. The van der Waals surface area contributed by atoms with Crippen molar-refractivity contribution < 1.29 is 22.7 Å². The Labute approximate surface area is 192 Å². The normalized spacial score (nSPS) is 20.9. The van der Waals surface area contributed by atoms with Crippen molar-refractivity contribution in [3.05, 3.63) is 52.5 Å². The van der Waals surface area contributed by atoms with Gasteiger partial charge in [-0.1, -0.05) is 36.6 Å². The monoisotopic (exact) mass is 476 g/mol. The molecule has 7 nitrogen and oxygen atoms in total. The Bertz CT molecular complexity index is 1160. The summed E-state index contributed by atoms with van der Waals surface area (Å²) in [5.74, 6) is -0.427. The first-order valence-electron chi connectivity index (χ1n) is 10.5. The number of amides is 2. The predicted molar refractivity (Wildman–Crippen MR) is 121 cm³/mol. The van der Waals surface area contributed by atoms with E-state index >= 15 is 0 Å². The summed E-state index contributed by atoms with van der Waals surface area (Å²) in [5, 5.41) is 0.362. The van der Waals surface area contributed by atoms with Crippen LogP contribution in [0.1, 0.15) is 36.8 Å².